The van der Waals surface area contributed by atoms with Gasteiger partial charge in [-0.1, -0.05) is 13.8 Å². The number of nitrogens with one attached hydrogen (secondary N) is 2. The molecule has 0 heterocycles. The van der Waals surface area contributed by atoms with Crippen LogP contribution in [0, 0.1) is 26.1 Å². The number of carbonyl (C=O) groups is 2. The predicted molar refractivity (Wildman–Crippen MR) is 88.9 cm³/mol. The van der Waals surface area contributed by atoms with Crippen LogP contribution in [-0.2, 0) is 16.0 Å². The van der Waals surface area contributed by atoms with Crippen LogP contribution in [-0.4, -0.2) is 34.8 Å². The van der Waals surface area contributed by atoms with Gasteiger partial charge in [-0.25, -0.2) is 0 Å². The molecule has 2 N–H and O–H groups in total. The second-order valence-electron chi connectivity index (χ2n) is 5.91. The third kappa shape index (κ3) is 6.16. The minimum absolute atomic E-state index is 0.124. The molecular weight excluding hydrogens is 332 g/mol. The SMILES string of the molecule is CNC(=O)[C@H](CC(C)C)NC(=O)Cc1cc([N+](=O)[O-])cc([N+](=O)[O-])c1. The Labute approximate surface area is 143 Å². The van der Waals surface area contributed by atoms with E-state index in [-0.39, 0.29) is 23.8 Å². The molecule has 0 fully saturated rings. The van der Waals surface area contributed by atoms with Crippen molar-refractivity contribution >= 4 is 23.2 Å². The first-order valence-corrected chi connectivity index (χ1v) is 7.57. The lowest BCUT2D eigenvalue weighted by atomic mass is 10.0. The molecule has 0 spiro atoms. The first kappa shape index (κ1) is 20.0. The Kier molecular flexibility index (Phi) is 6.97. The summed E-state index contributed by atoms with van der Waals surface area (Å²) in [6.07, 6.45) is 0.106. The Bertz CT molecular complexity index is 656. The van der Waals surface area contributed by atoms with E-state index in [2.05, 4.69) is 10.6 Å². The summed E-state index contributed by atoms with van der Waals surface area (Å²) < 4.78 is 0. The van der Waals surface area contributed by atoms with Crippen LogP contribution in [0.1, 0.15) is 25.8 Å². The molecule has 1 aromatic rings. The highest BCUT2D eigenvalue weighted by Crippen LogP contribution is 2.23. The van der Waals surface area contributed by atoms with Gasteiger partial charge in [0.05, 0.1) is 22.3 Å². The van der Waals surface area contributed by atoms with Crippen LogP contribution in [0.25, 0.3) is 0 Å². The number of carbonyl (C=O) groups excluding carboxylic acids is 2. The summed E-state index contributed by atoms with van der Waals surface area (Å²) >= 11 is 0. The van der Waals surface area contributed by atoms with Crippen molar-refractivity contribution in [2.75, 3.05) is 7.05 Å². The van der Waals surface area contributed by atoms with Crippen molar-refractivity contribution in [3.05, 3.63) is 44.0 Å². The normalized spacial score (nSPS) is 11.7. The van der Waals surface area contributed by atoms with Crippen molar-refractivity contribution in [1.29, 1.82) is 0 Å². The molecule has 0 aliphatic rings. The van der Waals surface area contributed by atoms with Crippen molar-refractivity contribution in [2.45, 2.75) is 32.7 Å². The Morgan fingerprint density at radius 2 is 1.60 bits per heavy atom. The maximum atomic E-state index is 12.2. The average Bonchev–Trinajstić information content (AvgIpc) is 2.52. The number of nitro groups is 2. The highest BCUT2D eigenvalue weighted by Gasteiger charge is 2.22. The molecule has 0 bridgehead atoms. The van der Waals surface area contributed by atoms with Crippen LogP contribution in [0.2, 0.25) is 0 Å². The summed E-state index contributed by atoms with van der Waals surface area (Å²) in [7, 11) is 1.45. The molecule has 10 nitrogen and oxygen atoms in total. The standard InChI is InChI=1S/C15H20N4O6/c1-9(2)4-13(15(21)16-3)17-14(20)7-10-5-11(18(22)23)8-12(6-10)19(24)25/h5-6,8-9,13H,4,7H2,1-3H3,(H,16,21)(H,17,20)/t13-/m0/s1. The number of nitrogens with zero attached hydrogens (tertiary/aromatic N) is 2. The van der Waals surface area contributed by atoms with Gasteiger partial charge in [-0.05, 0) is 17.9 Å². The highest BCUT2D eigenvalue weighted by atomic mass is 16.6. The highest BCUT2D eigenvalue weighted by molar-refractivity contribution is 5.88. The number of nitro benzene ring substituents is 2. The van der Waals surface area contributed by atoms with E-state index in [1.807, 2.05) is 13.8 Å². The molecule has 0 saturated carbocycles. The largest absolute Gasteiger partial charge is 0.357 e. The van der Waals surface area contributed by atoms with E-state index < -0.39 is 33.2 Å². The summed E-state index contributed by atoms with van der Waals surface area (Å²) in [4.78, 5) is 44.2. The van der Waals surface area contributed by atoms with Crippen molar-refractivity contribution in [3.63, 3.8) is 0 Å². The van der Waals surface area contributed by atoms with Gasteiger partial charge in [-0.15, -0.1) is 0 Å². The van der Waals surface area contributed by atoms with Crippen molar-refractivity contribution in [2.24, 2.45) is 5.92 Å². The number of hydrogen-bond donors (Lipinski definition) is 2. The number of likely N-dealkylation sites (N-methyl/N-ethyl adjacent to an activating group) is 1. The maximum absolute atomic E-state index is 12.2. The van der Waals surface area contributed by atoms with E-state index in [4.69, 9.17) is 0 Å². The molecule has 10 heteroatoms. The lowest BCUT2D eigenvalue weighted by Gasteiger charge is -2.19. The Morgan fingerprint density at radius 1 is 1.08 bits per heavy atom. The van der Waals surface area contributed by atoms with Crippen molar-refractivity contribution in [1.82, 2.24) is 10.6 Å². The first-order valence-electron chi connectivity index (χ1n) is 7.57. The Morgan fingerprint density at radius 3 is 2.00 bits per heavy atom. The minimum Gasteiger partial charge on any atom is -0.357 e. The summed E-state index contributed by atoms with van der Waals surface area (Å²) in [5, 5.41) is 26.8. The second-order valence-corrected chi connectivity index (χ2v) is 5.91. The van der Waals surface area contributed by atoms with Crippen LogP contribution in [0.3, 0.4) is 0 Å². The van der Waals surface area contributed by atoms with Gasteiger partial charge in [0.2, 0.25) is 11.8 Å². The van der Waals surface area contributed by atoms with E-state index in [9.17, 15) is 29.8 Å². The molecule has 0 aliphatic heterocycles. The van der Waals surface area contributed by atoms with E-state index >= 15 is 0 Å². The van der Waals surface area contributed by atoms with Crippen molar-refractivity contribution in [3.8, 4) is 0 Å². The van der Waals surface area contributed by atoms with E-state index in [1.54, 1.807) is 0 Å². The zero-order chi connectivity index (χ0) is 19.1. The quantitative estimate of drug-likeness (QED) is 0.533. The smallest absolute Gasteiger partial charge is 0.276 e. The number of benzene rings is 1. The van der Waals surface area contributed by atoms with Gasteiger partial charge in [-0.3, -0.25) is 29.8 Å². The topological polar surface area (TPSA) is 144 Å². The van der Waals surface area contributed by atoms with Gasteiger partial charge in [0.1, 0.15) is 6.04 Å². The van der Waals surface area contributed by atoms with Gasteiger partial charge in [0.25, 0.3) is 11.4 Å². The Hall–Kier alpha value is -3.04. The summed E-state index contributed by atoms with van der Waals surface area (Å²) in [5.41, 5.74) is -0.817. The summed E-state index contributed by atoms with van der Waals surface area (Å²) in [6.45, 7) is 3.79. The third-order valence-electron chi connectivity index (χ3n) is 3.35. The lowest BCUT2D eigenvalue weighted by Crippen LogP contribution is -2.46. The summed E-state index contributed by atoms with van der Waals surface area (Å²) in [5.74, 6) is -0.752. The van der Waals surface area contributed by atoms with Crippen molar-refractivity contribution < 1.29 is 19.4 Å². The molecule has 0 unspecified atom stereocenters. The monoisotopic (exact) mass is 352 g/mol. The van der Waals surface area contributed by atoms with Crippen LogP contribution in [0.5, 0.6) is 0 Å². The fraction of sp³-hybridized carbons (Fsp3) is 0.467. The van der Waals surface area contributed by atoms with Gasteiger partial charge < -0.3 is 10.6 Å². The molecule has 0 saturated heterocycles. The number of hydrogen-bond acceptors (Lipinski definition) is 6. The van der Waals surface area contributed by atoms with Gasteiger partial charge in [0.15, 0.2) is 0 Å². The molecule has 1 aromatic carbocycles. The fourth-order valence-electron chi connectivity index (χ4n) is 2.28. The van der Waals surface area contributed by atoms with Crippen LogP contribution >= 0.6 is 0 Å². The molecule has 1 atom stereocenters. The molecule has 1 rings (SSSR count). The maximum Gasteiger partial charge on any atom is 0.276 e. The van der Waals surface area contributed by atoms with Gasteiger partial charge in [-0.2, -0.15) is 0 Å². The van der Waals surface area contributed by atoms with E-state index in [0.717, 1.165) is 18.2 Å². The van der Waals surface area contributed by atoms with Crippen LogP contribution in [0.4, 0.5) is 11.4 Å². The Balaban J connectivity index is 2.96. The van der Waals surface area contributed by atoms with E-state index in [0.29, 0.717) is 6.42 Å². The molecule has 136 valence electrons. The van der Waals surface area contributed by atoms with Crippen LogP contribution < -0.4 is 10.6 Å². The molecule has 2 amide bonds. The third-order valence-corrected chi connectivity index (χ3v) is 3.35. The number of rotatable bonds is 8. The van der Waals surface area contributed by atoms with E-state index in [1.165, 1.54) is 7.05 Å². The number of amides is 2. The number of non-ortho nitro benzene ring substituents is 2. The molecular formula is C15H20N4O6. The zero-order valence-electron chi connectivity index (χ0n) is 14.1. The molecule has 0 aromatic heterocycles. The van der Waals surface area contributed by atoms with Gasteiger partial charge in [0, 0.05) is 19.2 Å². The lowest BCUT2D eigenvalue weighted by molar-refractivity contribution is -0.394. The zero-order valence-corrected chi connectivity index (χ0v) is 14.1. The minimum atomic E-state index is -0.763. The van der Waals surface area contributed by atoms with Gasteiger partial charge >= 0.3 is 0 Å². The molecule has 25 heavy (non-hydrogen) atoms. The fourth-order valence-corrected chi connectivity index (χ4v) is 2.28. The average molecular weight is 352 g/mol. The molecule has 0 radical (unpaired) electrons. The van der Waals surface area contributed by atoms with Crippen LogP contribution in [0.15, 0.2) is 18.2 Å². The molecule has 0 aliphatic carbocycles. The summed E-state index contributed by atoms with van der Waals surface area (Å²) in [6, 6.07) is 2.28. The first-order chi connectivity index (χ1) is 11.6. The second kappa shape index (κ2) is 8.71. The predicted octanol–water partition coefficient (Wildman–Crippen LogP) is 1.32.